The number of anilines is 1. The van der Waals surface area contributed by atoms with Gasteiger partial charge in [0.1, 0.15) is 10.6 Å². The largest absolute Gasteiger partial charge is 0.495 e. The number of nitrogens with two attached hydrogens (primary N) is 1. The smallest absolute Gasteiger partial charge is 0.244 e. The maximum atomic E-state index is 12.4. The van der Waals surface area contributed by atoms with Gasteiger partial charge in [0.05, 0.1) is 18.9 Å². The van der Waals surface area contributed by atoms with E-state index in [-0.39, 0.29) is 22.1 Å². The van der Waals surface area contributed by atoms with E-state index >= 15 is 0 Å². The van der Waals surface area contributed by atoms with Crippen molar-refractivity contribution in [3.63, 3.8) is 0 Å². The van der Waals surface area contributed by atoms with E-state index in [2.05, 4.69) is 20.7 Å². The Bertz CT molecular complexity index is 802. The van der Waals surface area contributed by atoms with Crippen molar-refractivity contribution >= 4 is 41.5 Å². The van der Waals surface area contributed by atoms with E-state index in [1.807, 2.05) is 0 Å². The number of hydrogen-bond donors (Lipinski definition) is 2. The molecular formula is C11H13BrN2O5S2. The minimum atomic E-state index is -3.97. The van der Waals surface area contributed by atoms with Gasteiger partial charge in [-0.1, -0.05) is 6.08 Å². The van der Waals surface area contributed by atoms with Crippen molar-refractivity contribution in [1.82, 2.24) is 4.72 Å². The van der Waals surface area contributed by atoms with Gasteiger partial charge in [-0.15, -0.1) is 0 Å². The molecule has 10 heteroatoms. The summed E-state index contributed by atoms with van der Waals surface area (Å²) < 4.78 is 55.2. The van der Waals surface area contributed by atoms with Crippen LogP contribution in [0.2, 0.25) is 0 Å². The molecule has 3 N–H and O–H groups in total. The van der Waals surface area contributed by atoms with Crippen molar-refractivity contribution in [2.24, 2.45) is 0 Å². The van der Waals surface area contributed by atoms with Gasteiger partial charge in [-0.3, -0.25) is 0 Å². The number of nitrogen functional groups attached to an aromatic ring is 1. The third kappa shape index (κ3) is 3.57. The fourth-order valence-electron chi connectivity index (χ4n) is 1.83. The maximum absolute atomic E-state index is 12.4. The predicted octanol–water partition coefficient (Wildman–Crippen LogP) is 0.629. The third-order valence-electron chi connectivity index (χ3n) is 2.81. The van der Waals surface area contributed by atoms with Crippen LogP contribution in [-0.4, -0.2) is 35.7 Å². The van der Waals surface area contributed by atoms with E-state index in [1.165, 1.54) is 25.3 Å². The number of nitrogens with one attached hydrogen (secondary N) is 1. The quantitative estimate of drug-likeness (QED) is 0.720. The molecule has 1 unspecified atom stereocenters. The summed E-state index contributed by atoms with van der Waals surface area (Å²) in [5, 5.41) is 0.993. The monoisotopic (exact) mass is 396 g/mol. The van der Waals surface area contributed by atoms with Crippen LogP contribution < -0.4 is 15.2 Å². The zero-order chi connectivity index (χ0) is 15.8. The van der Waals surface area contributed by atoms with Gasteiger partial charge in [0.15, 0.2) is 9.84 Å². The van der Waals surface area contributed by atoms with E-state index in [0.717, 1.165) is 5.41 Å². The number of methoxy groups -OCH3 is 1. The molecule has 21 heavy (non-hydrogen) atoms. The van der Waals surface area contributed by atoms with Crippen LogP contribution in [0.15, 0.2) is 33.0 Å². The normalized spacial score (nSPS) is 20.6. The standard InChI is InChI=1S/C11H13BrN2O5S2/c1-19-10-4-8(12)9(13)5-11(10)21(17,18)14-7-2-3-20(15,16)6-7/h2-5,7,14H,6,13H2,1H3. The average Bonchev–Trinajstić information content (AvgIpc) is 2.70. The first-order chi connectivity index (χ1) is 9.64. The van der Waals surface area contributed by atoms with Crippen LogP contribution >= 0.6 is 15.9 Å². The lowest BCUT2D eigenvalue weighted by Crippen LogP contribution is -2.35. The maximum Gasteiger partial charge on any atom is 0.244 e. The first-order valence-electron chi connectivity index (χ1n) is 5.71. The van der Waals surface area contributed by atoms with Gasteiger partial charge < -0.3 is 10.5 Å². The highest BCUT2D eigenvalue weighted by molar-refractivity contribution is 9.10. The minimum absolute atomic E-state index is 0.105. The Kier molecular flexibility index (Phi) is 4.34. The van der Waals surface area contributed by atoms with Crippen molar-refractivity contribution in [1.29, 1.82) is 0 Å². The van der Waals surface area contributed by atoms with Crippen LogP contribution in [0.25, 0.3) is 0 Å². The second-order valence-corrected chi connectivity index (χ2v) is 8.88. The Morgan fingerprint density at radius 3 is 2.62 bits per heavy atom. The Morgan fingerprint density at radius 2 is 2.10 bits per heavy atom. The van der Waals surface area contributed by atoms with Gasteiger partial charge in [-0.05, 0) is 28.1 Å². The molecule has 1 atom stereocenters. The molecule has 1 aliphatic heterocycles. The summed E-state index contributed by atoms with van der Waals surface area (Å²) in [5.41, 5.74) is 5.92. The molecule has 116 valence electrons. The lowest BCUT2D eigenvalue weighted by atomic mass is 10.3. The van der Waals surface area contributed by atoms with E-state index in [0.29, 0.717) is 4.47 Å². The third-order valence-corrected chi connectivity index (χ3v) is 6.40. The number of rotatable bonds is 4. The summed E-state index contributed by atoms with van der Waals surface area (Å²) in [6.45, 7) is 0. The number of sulfonamides is 1. The van der Waals surface area contributed by atoms with Crippen LogP contribution in [0.4, 0.5) is 5.69 Å². The average molecular weight is 397 g/mol. The zero-order valence-corrected chi connectivity index (χ0v) is 14.1. The predicted molar refractivity (Wildman–Crippen MR) is 82.1 cm³/mol. The van der Waals surface area contributed by atoms with E-state index in [1.54, 1.807) is 0 Å². The summed E-state index contributed by atoms with van der Waals surface area (Å²) in [5.74, 6) is -0.200. The van der Waals surface area contributed by atoms with Gasteiger partial charge in [-0.25, -0.2) is 21.6 Å². The van der Waals surface area contributed by atoms with Crippen molar-refractivity contribution in [2.45, 2.75) is 10.9 Å². The van der Waals surface area contributed by atoms with Crippen molar-refractivity contribution in [3.8, 4) is 5.75 Å². The van der Waals surface area contributed by atoms with Gasteiger partial charge in [0.25, 0.3) is 0 Å². The molecule has 1 aliphatic rings. The van der Waals surface area contributed by atoms with Crippen molar-refractivity contribution in [2.75, 3.05) is 18.6 Å². The van der Waals surface area contributed by atoms with Crippen LogP contribution in [0.5, 0.6) is 5.75 Å². The van der Waals surface area contributed by atoms with Crippen LogP contribution in [0, 0.1) is 0 Å². The van der Waals surface area contributed by atoms with Gasteiger partial charge >= 0.3 is 0 Å². The molecule has 1 aromatic carbocycles. The Labute approximate surface area is 131 Å². The van der Waals surface area contributed by atoms with Gasteiger partial charge in [0, 0.05) is 15.6 Å². The van der Waals surface area contributed by atoms with E-state index in [4.69, 9.17) is 10.5 Å². The molecule has 0 aromatic heterocycles. The SMILES string of the molecule is COc1cc(Br)c(N)cc1S(=O)(=O)NC1C=CS(=O)(=O)C1. The van der Waals surface area contributed by atoms with Crippen LogP contribution in [0.3, 0.4) is 0 Å². The van der Waals surface area contributed by atoms with Gasteiger partial charge in [-0.2, -0.15) is 0 Å². The fraction of sp³-hybridized carbons (Fsp3) is 0.273. The Hall–Kier alpha value is -1.10. The summed E-state index contributed by atoms with van der Waals surface area (Å²) in [4.78, 5) is -0.150. The fourth-order valence-corrected chi connectivity index (χ4v) is 4.87. The molecule has 0 saturated carbocycles. The van der Waals surface area contributed by atoms with E-state index < -0.39 is 25.9 Å². The Balaban J connectivity index is 2.37. The van der Waals surface area contributed by atoms with Crippen LogP contribution in [0.1, 0.15) is 0 Å². The highest BCUT2D eigenvalue weighted by Gasteiger charge is 2.29. The number of halogens is 1. The lowest BCUT2D eigenvalue weighted by molar-refractivity contribution is 0.402. The van der Waals surface area contributed by atoms with Gasteiger partial charge in [0.2, 0.25) is 10.0 Å². The number of benzene rings is 1. The number of hydrogen-bond acceptors (Lipinski definition) is 6. The molecule has 0 bridgehead atoms. The summed E-state index contributed by atoms with van der Waals surface area (Å²) in [6, 6.07) is 1.87. The summed E-state index contributed by atoms with van der Waals surface area (Å²) >= 11 is 3.18. The van der Waals surface area contributed by atoms with Crippen molar-refractivity contribution < 1.29 is 21.6 Å². The first kappa shape index (κ1) is 16.3. The minimum Gasteiger partial charge on any atom is -0.495 e. The second-order valence-electron chi connectivity index (χ2n) is 4.41. The molecule has 0 amide bonds. The van der Waals surface area contributed by atoms with Crippen LogP contribution in [-0.2, 0) is 19.9 Å². The molecule has 2 rings (SSSR count). The highest BCUT2D eigenvalue weighted by atomic mass is 79.9. The molecule has 0 spiro atoms. The molecule has 1 heterocycles. The molecule has 7 nitrogen and oxygen atoms in total. The molecule has 0 radical (unpaired) electrons. The summed E-state index contributed by atoms with van der Waals surface area (Å²) in [6.07, 6.45) is 1.29. The lowest BCUT2D eigenvalue weighted by Gasteiger charge is -2.14. The first-order valence-corrected chi connectivity index (χ1v) is 9.70. The molecule has 0 saturated heterocycles. The molecule has 1 aromatic rings. The Morgan fingerprint density at radius 1 is 1.43 bits per heavy atom. The number of ether oxygens (including phenoxy) is 1. The van der Waals surface area contributed by atoms with E-state index in [9.17, 15) is 16.8 Å². The summed E-state index contributed by atoms with van der Waals surface area (Å²) in [7, 11) is -5.99. The number of sulfone groups is 1. The molecular weight excluding hydrogens is 384 g/mol. The topological polar surface area (TPSA) is 116 Å². The molecule has 0 fully saturated rings. The highest BCUT2D eigenvalue weighted by Crippen LogP contribution is 2.32. The van der Waals surface area contributed by atoms with Crippen molar-refractivity contribution in [3.05, 3.63) is 28.1 Å². The second kappa shape index (κ2) is 5.59. The molecule has 0 aliphatic carbocycles. The zero-order valence-electron chi connectivity index (χ0n) is 10.9.